The molecule has 0 saturated carbocycles. The molecule has 0 aromatic heterocycles. The molecule has 1 aromatic carbocycles. The summed E-state index contributed by atoms with van der Waals surface area (Å²) in [4.78, 5) is 11.2. The number of rotatable bonds is 3. The summed E-state index contributed by atoms with van der Waals surface area (Å²) in [5, 5.41) is 2.78. The van der Waals surface area contributed by atoms with Gasteiger partial charge in [0, 0.05) is 10.0 Å². The van der Waals surface area contributed by atoms with Gasteiger partial charge in [0.1, 0.15) is 5.82 Å². The first-order valence-electron chi connectivity index (χ1n) is 3.93. The first kappa shape index (κ1) is 10.9. The molecule has 0 amide bonds. The molecule has 0 saturated heterocycles. The summed E-state index contributed by atoms with van der Waals surface area (Å²) in [7, 11) is 0. The van der Waals surface area contributed by atoms with Crippen LogP contribution < -0.4 is 5.32 Å². The summed E-state index contributed by atoms with van der Waals surface area (Å²) < 4.78 is 13.5. The fourth-order valence-corrected chi connectivity index (χ4v) is 1.65. The number of Topliss-reactive ketones (excluding diaryl/α,β-unsaturated/α-hetero) is 1. The molecule has 0 bridgehead atoms. The van der Waals surface area contributed by atoms with Crippen LogP contribution in [0.5, 0.6) is 0 Å². The largest absolute Gasteiger partial charge is 0.361 e. The highest BCUT2D eigenvalue weighted by Gasteiger charge is 2.11. The van der Waals surface area contributed by atoms with Crippen LogP contribution in [-0.4, -0.2) is 5.78 Å². The number of nitrogens with one attached hydrogen (secondary N) is 1. The van der Waals surface area contributed by atoms with Crippen molar-refractivity contribution in [3.8, 4) is 0 Å². The SMILES string of the molecule is C=CNc1c(Br)cc(F)cc1C(C)=O. The van der Waals surface area contributed by atoms with Crippen molar-refractivity contribution in [2.45, 2.75) is 6.92 Å². The van der Waals surface area contributed by atoms with Gasteiger partial charge in [0.2, 0.25) is 0 Å². The molecule has 14 heavy (non-hydrogen) atoms. The van der Waals surface area contributed by atoms with Crippen LogP contribution in [0, 0.1) is 5.82 Å². The Hall–Kier alpha value is -1.16. The molecule has 0 heterocycles. The van der Waals surface area contributed by atoms with E-state index in [0.717, 1.165) is 0 Å². The van der Waals surface area contributed by atoms with E-state index in [0.29, 0.717) is 15.7 Å². The van der Waals surface area contributed by atoms with Crippen molar-refractivity contribution in [2.75, 3.05) is 5.32 Å². The average Bonchev–Trinajstić information content (AvgIpc) is 2.09. The predicted octanol–water partition coefficient (Wildman–Crippen LogP) is 3.35. The van der Waals surface area contributed by atoms with Gasteiger partial charge >= 0.3 is 0 Å². The van der Waals surface area contributed by atoms with Crippen LogP contribution in [-0.2, 0) is 0 Å². The van der Waals surface area contributed by atoms with Crippen LogP contribution in [0.25, 0.3) is 0 Å². The average molecular weight is 258 g/mol. The number of hydrogen-bond acceptors (Lipinski definition) is 2. The maximum Gasteiger partial charge on any atom is 0.162 e. The van der Waals surface area contributed by atoms with Gasteiger partial charge in [-0.15, -0.1) is 0 Å². The fraction of sp³-hybridized carbons (Fsp3) is 0.100. The van der Waals surface area contributed by atoms with Crippen molar-refractivity contribution in [1.29, 1.82) is 0 Å². The van der Waals surface area contributed by atoms with E-state index in [2.05, 4.69) is 27.8 Å². The van der Waals surface area contributed by atoms with E-state index in [-0.39, 0.29) is 5.78 Å². The second kappa shape index (κ2) is 4.37. The van der Waals surface area contributed by atoms with Crippen LogP contribution in [0.2, 0.25) is 0 Å². The molecule has 74 valence electrons. The molecule has 2 nitrogen and oxygen atoms in total. The molecule has 0 aliphatic carbocycles. The number of hydrogen-bond donors (Lipinski definition) is 1. The third-order valence-electron chi connectivity index (χ3n) is 1.68. The molecule has 0 aliphatic rings. The van der Waals surface area contributed by atoms with E-state index >= 15 is 0 Å². The van der Waals surface area contributed by atoms with Crippen LogP contribution in [0.3, 0.4) is 0 Å². The van der Waals surface area contributed by atoms with E-state index < -0.39 is 5.82 Å². The van der Waals surface area contributed by atoms with Crippen molar-refractivity contribution in [3.63, 3.8) is 0 Å². The molecule has 0 unspecified atom stereocenters. The van der Waals surface area contributed by atoms with Crippen LogP contribution in [0.15, 0.2) is 29.4 Å². The van der Waals surface area contributed by atoms with E-state index in [1.807, 2.05) is 0 Å². The van der Waals surface area contributed by atoms with E-state index in [4.69, 9.17) is 0 Å². The smallest absolute Gasteiger partial charge is 0.162 e. The van der Waals surface area contributed by atoms with E-state index in [1.165, 1.54) is 25.3 Å². The Kier molecular flexibility index (Phi) is 3.41. The topological polar surface area (TPSA) is 29.1 Å². The second-order valence-corrected chi connectivity index (χ2v) is 3.57. The molecule has 1 aromatic rings. The number of halogens is 2. The molecule has 1 N–H and O–H groups in total. The van der Waals surface area contributed by atoms with Gasteiger partial charge in [-0.25, -0.2) is 4.39 Å². The summed E-state index contributed by atoms with van der Waals surface area (Å²) in [5.41, 5.74) is 0.839. The molecule has 0 atom stereocenters. The highest BCUT2D eigenvalue weighted by Crippen LogP contribution is 2.28. The predicted molar refractivity (Wildman–Crippen MR) is 57.9 cm³/mol. The standard InChI is InChI=1S/C10H9BrFNO/c1-3-13-10-8(6(2)14)4-7(12)5-9(10)11/h3-5,13H,1H2,2H3. The summed E-state index contributed by atoms with van der Waals surface area (Å²) in [5.74, 6) is -0.647. The van der Waals surface area contributed by atoms with E-state index in [9.17, 15) is 9.18 Å². The summed E-state index contributed by atoms with van der Waals surface area (Å²) in [6.45, 7) is 4.87. The Morgan fingerprint density at radius 3 is 2.79 bits per heavy atom. The highest BCUT2D eigenvalue weighted by molar-refractivity contribution is 9.10. The lowest BCUT2D eigenvalue weighted by molar-refractivity contribution is 0.101. The minimum absolute atomic E-state index is 0.199. The van der Waals surface area contributed by atoms with Gasteiger partial charge in [0.05, 0.1) is 5.69 Å². The summed E-state index contributed by atoms with van der Waals surface area (Å²) >= 11 is 3.16. The number of ketones is 1. The van der Waals surface area contributed by atoms with Gasteiger partial charge in [-0.3, -0.25) is 4.79 Å². The Balaban J connectivity index is 3.35. The molecule has 0 fully saturated rings. The lowest BCUT2D eigenvalue weighted by Gasteiger charge is -2.09. The number of carbonyl (C=O) groups is 1. The number of carbonyl (C=O) groups excluding carboxylic acids is 1. The molecular weight excluding hydrogens is 249 g/mol. The van der Waals surface area contributed by atoms with Gasteiger partial charge in [0.15, 0.2) is 5.78 Å². The van der Waals surface area contributed by atoms with Crippen LogP contribution in [0.4, 0.5) is 10.1 Å². The second-order valence-electron chi connectivity index (χ2n) is 2.71. The molecule has 0 radical (unpaired) electrons. The highest BCUT2D eigenvalue weighted by atomic mass is 79.9. The van der Waals surface area contributed by atoms with Crippen molar-refractivity contribution in [2.24, 2.45) is 0 Å². The van der Waals surface area contributed by atoms with Gasteiger partial charge in [-0.1, -0.05) is 6.58 Å². The molecule has 0 spiro atoms. The van der Waals surface area contributed by atoms with Gasteiger partial charge in [0.25, 0.3) is 0 Å². The third kappa shape index (κ3) is 2.20. The van der Waals surface area contributed by atoms with E-state index in [1.54, 1.807) is 0 Å². The fourth-order valence-electron chi connectivity index (χ4n) is 1.10. The quantitative estimate of drug-likeness (QED) is 0.842. The zero-order valence-electron chi connectivity index (χ0n) is 7.60. The Morgan fingerprint density at radius 2 is 2.29 bits per heavy atom. The zero-order chi connectivity index (χ0) is 10.7. The van der Waals surface area contributed by atoms with Gasteiger partial charge in [-0.2, -0.15) is 0 Å². The van der Waals surface area contributed by atoms with Crippen LogP contribution >= 0.6 is 15.9 Å². The first-order chi connectivity index (χ1) is 6.56. The maximum atomic E-state index is 13.0. The normalized spacial score (nSPS) is 9.64. The first-order valence-corrected chi connectivity index (χ1v) is 4.73. The third-order valence-corrected chi connectivity index (χ3v) is 2.31. The lowest BCUT2D eigenvalue weighted by Crippen LogP contribution is -2.01. The van der Waals surface area contributed by atoms with Crippen molar-refractivity contribution < 1.29 is 9.18 Å². The molecular formula is C10H9BrFNO. The monoisotopic (exact) mass is 257 g/mol. The summed E-state index contributed by atoms with van der Waals surface area (Å²) in [6.07, 6.45) is 1.43. The maximum absolute atomic E-state index is 13.0. The number of anilines is 1. The summed E-state index contributed by atoms with van der Waals surface area (Å²) in [6, 6.07) is 2.48. The minimum atomic E-state index is -0.448. The Bertz CT molecular complexity index is 390. The van der Waals surface area contributed by atoms with Crippen molar-refractivity contribution >= 4 is 27.4 Å². The van der Waals surface area contributed by atoms with Crippen LogP contribution in [0.1, 0.15) is 17.3 Å². The van der Waals surface area contributed by atoms with Gasteiger partial charge < -0.3 is 5.32 Å². The van der Waals surface area contributed by atoms with Crippen molar-refractivity contribution in [3.05, 3.63) is 40.8 Å². The lowest BCUT2D eigenvalue weighted by atomic mass is 10.1. The van der Waals surface area contributed by atoms with Crippen molar-refractivity contribution in [1.82, 2.24) is 0 Å². The molecule has 0 aliphatic heterocycles. The number of benzene rings is 1. The Labute approximate surface area is 89.9 Å². The Morgan fingerprint density at radius 1 is 1.64 bits per heavy atom. The zero-order valence-corrected chi connectivity index (χ0v) is 9.19. The molecule has 4 heteroatoms. The molecule has 1 rings (SSSR count). The van der Waals surface area contributed by atoms with Gasteiger partial charge in [-0.05, 0) is 41.2 Å². The minimum Gasteiger partial charge on any atom is -0.361 e.